The molecule has 15 heavy (non-hydrogen) atoms. The monoisotopic (exact) mass is 302 g/mol. The third-order valence-electron chi connectivity index (χ3n) is 2.02. The molecule has 0 aromatic carbocycles. The van der Waals surface area contributed by atoms with Crippen molar-refractivity contribution in [1.82, 2.24) is 9.88 Å². The highest BCUT2D eigenvalue weighted by Gasteiger charge is 2.06. The van der Waals surface area contributed by atoms with E-state index >= 15 is 0 Å². The van der Waals surface area contributed by atoms with Crippen molar-refractivity contribution in [2.75, 3.05) is 7.05 Å². The first-order chi connectivity index (χ1) is 7.25. The summed E-state index contributed by atoms with van der Waals surface area (Å²) in [5, 5.41) is 4.20. The lowest BCUT2D eigenvalue weighted by Gasteiger charge is -2.14. The Bertz CT molecular complexity index is 411. The summed E-state index contributed by atoms with van der Waals surface area (Å²) in [5.74, 6) is 0. The lowest BCUT2D eigenvalue weighted by Crippen LogP contribution is -2.16. The van der Waals surface area contributed by atoms with Crippen LogP contribution >= 0.6 is 38.6 Å². The number of aromatic nitrogens is 1. The lowest BCUT2D eigenvalue weighted by molar-refractivity contribution is 0.318. The van der Waals surface area contributed by atoms with Crippen molar-refractivity contribution in [1.29, 1.82) is 0 Å². The molecule has 80 valence electrons. The van der Waals surface area contributed by atoms with E-state index in [-0.39, 0.29) is 0 Å². The molecule has 0 aliphatic carbocycles. The summed E-state index contributed by atoms with van der Waals surface area (Å²) in [6.07, 6.45) is 0. The van der Waals surface area contributed by atoms with Gasteiger partial charge in [-0.2, -0.15) is 0 Å². The number of nitrogens with zero attached hydrogens (tertiary/aromatic N) is 2. The second-order valence-electron chi connectivity index (χ2n) is 3.34. The first kappa shape index (κ1) is 11.3. The number of rotatable bonds is 4. The van der Waals surface area contributed by atoms with Crippen molar-refractivity contribution >= 4 is 38.6 Å². The molecule has 0 spiro atoms. The maximum absolute atomic E-state index is 4.28. The number of thiazole rings is 1. The van der Waals surface area contributed by atoms with Crippen LogP contribution in [0.2, 0.25) is 0 Å². The van der Waals surface area contributed by atoms with Gasteiger partial charge in [0, 0.05) is 27.8 Å². The third-order valence-corrected chi connectivity index (χ3v) is 4.57. The molecule has 0 saturated carbocycles. The van der Waals surface area contributed by atoms with E-state index in [9.17, 15) is 0 Å². The van der Waals surface area contributed by atoms with Gasteiger partial charge in [0.2, 0.25) is 0 Å². The fourth-order valence-electron chi connectivity index (χ4n) is 1.33. The first-order valence-corrected chi connectivity index (χ1v) is 7.14. The molecule has 0 radical (unpaired) electrons. The van der Waals surface area contributed by atoms with Crippen molar-refractivity contribution in [2.45, 2.75) is 13.1 Å². The van der Waals surface area contributed by atoms with Crippen LogP contribution in [0.25, 0.3) is 0 Å². The summed E-state index contributed by atoms with van der Waals surface area (Å²) in [4.78, 5) is 7.91. The Labute approximate surface area is 106 Å². The smallest absolute Gasteiger partial charge is 0.0795 e. The molecule has 0 unspecified atom stereocenters. The minimum absolute atomic E-state index is 0.911. The highest BCUT2D eigenvalue weighted by molar-refractivity contribution is 9.10. The van der Waals surface area contributed by atoms with Crippen LogP contribution in [0.4, 0.5) is 0 Å². The predicted octanol–water partition coefficient (Wildman–Crippen LogP) is 3.60. The lowest BCUT2D eigenvalue weighted by atomic mass is 10.4. The zero-order chi connectivity index (χ0) is 10.7. The van der Waals surface area contributed by atoms with Gasteiger partial charge in [0.1, 0.15) is 0 Å². The van der Waals surface area contributed by atoms with Crippen LogP contribution in [-0.4, -0.2) is 16.9 Å². The minimum Gasteiger partial charge on any atom is -0.295 e. The van der Waals surface area contributed by atoms with E-state index in [0.29, 0.717) is 0 Å². The Morgan fingerprint density at radius 2 is 2.33 bits per heavy atom. The summed E-state index contributed by atoms with van der Waals surface area (Å²) in [6.45, 7) is 1.88. The van der Waals surface area contributed by atoms with E-state index in [0.717, 1.165) is 18.8 Å². The topological polar surface area (TPSA) is 16.1 Å². The average molecular weight is 303 g/mol. The maximum atomic E-state index is 4.28. The van der Waals surface area contributed by atoms with E-state index in [1.165, 1.54) is 9.35 Å². The van der Waals surface area contributed by atoms with Crippen LogP contribution in [0.15, 0.2) is 26.8 Å². The van der Waals surface area contributed by atoms with Gasteiger partial charge in [0.15, 0.2) is 0 Å². The van der Waals surface area contributed by atoms with Crippen molar-refractivity contribution < 1.29 is 0 Å². The Morgan fingerprint density at radius 1 is 1.47 bits per heavy atom. The van der Waals surface area contributed by atoms with E-state index in [1.54, 1.807) is 22.7 Å². The molecule has 0 aliphatic rings. The van der Waals surface area contributed by atoms with Gasteiger partial charge >= 0.3 is 0 Å². The molecule has 0 amide bonds. The normalized spacial score (nSPS) is 11.1. The van der Waals surface area contributed by atoms with Crippen LogP contribution in [-0.2, 0) is 13.1 Å². The zero-order valence-corrected chi connectivity index (χ0v) is 11.5. The van der Waals surface area contributed by atoms with E-state index in [2.05, 4.69) is 49.7 Å². The van der Waals surface area contributed by atoms with Gasteiger partial charge in [0.05, 0.1) is 11.2 Å². The molecule has 0 saturated heterocycles. The molecule has 5 heteroatoms. The second-order valence-corrected chi connectivity index (χ2v) is 5.92. The van der Waals surface area contributed by atoms with Crippen molar-refractivity contribution in [3.05, 3.63) is 37.4 Å². The van der Waals surface area contributed by atoms with Gasteiger partial charge in [0.25, 0.3) is 0 Å². The van der Waals surface area contributed by atoms with Gasteiger partial charge in [-0.15, -0.1) is 22.7 Å². The Hall–Kier alpha value is -0.230. The van der Waals surface area contributed by atoms with Crippen LogP contribution in [0.5, 0.6) is 0 Å². The van der Waals surface area contributed by atoms with Crippen LogP contribution in [0.1, 0.15) is 10.6 Å². The van der Waals surface area contributed by atoms with Crippen LogP contribution < -0.4 is 0 Å². The molecular formula is C10H11BrN2S2. The van der Waals surface area contributed by atoms with E-state index in [4.69, 9.17) is 0 Å². The molecule has 2 nitrogen and oxygen atoms in total. The van der Waals surface area contributed by atoms with Crippen molar-refractivity contribution in [3.63, 3.8) is 0 Å². The zero-order valence-electron chi connectivity index (χ0n) is 8.31. The molecule has 2 aromatic heterocycles. The molecule has 0 bridgehead atoms. The van der Waals surface area contributed by atoms with Crippen molar-refractivity contribution in [3.8, 4) is 0 Å². The molecule has 0 fully saturated rings. The number of hydrogen-bond donors (Lipinski definition) is 0. The largest absolute Gasteiger partial charge is 0.295 e. The number of hydrogen-bond acceptors (Lipinski definition) is 4. The van der Waals surface area contributed by atoms with Gasteiger partial charge < -0.3 is 0 Å². The quantitative estimate of drug-likeness (QED) is 0.858. The number of thiophene rings is 1. The molecule has 2 aromatic rings. The van der Waals surface area contributed by atoms with Crippen molar-refractivity contribution in [2.24, 2.45) is 0 Å². The molecule has 0 N–H and O–H groups in total. The van der Waals surface area contributed by atoms with Crippen LogP contribution in [0.3, 0.4) is 0 Å². The molecule has 0 aliphatic heterocycles. The molecule has 2 rings (SSSR count). The highest BCUT2D eigenvalue weighted by atomic mass is 79.9. The Morgan fingerprint density at radius 3 is 2.93 bits per heavy atom. The molecule has 2 heterocycles. The van der Waals surface area contributed by atoms with E-state index in [1.807, 2.05) is 5.51 Å². The highest BCUT2D eigenvalue weighted by Crippen LogP contribution is 2.24. The standard InChI is InChI=1S/C10H11BrN2S2/c1-13(4-8-6-14-7-12-8)5-10-9(11)2-3-15-10/h2-3,6-7H,4-5H2,1H3. The van der Waals surface area contributed by atoms with Gasteiger partial charge in [-0.3, -0.25) is 4.90 Å². The summed E-state index contributed by atoms with van der Waals surface area (Å²) < 4.78 is 1.21. The fourth-order valence-corrected chi connectivity index (χ4v) is 3.44. The molecular weight excluding hydrogens is 292 g/mol. The average Bonchev–Trinajstić information content (AvgIpc) is 2.79. The summed E-state index contributed by atoms with van der Waals surface area (Å²) in [7, 11) is 2.12. The fraction of sp³-hybridized carbons (Fsp3) is 0.300. The van der Waals surface area contributed by atoms with E-state index < -0.39 is 0 Å². The maximum Gasteiger partial charge on any atom is 0.0795 e. The minimum atomic E-state index is 0.911. The van der Waals surface area contributed by atoms with Crippen LogP contribution in [0, 0.1) is 0 Å². The Kier molecular flexibility index (Phi) is 3.91. The van der Waals surface area contributed by atoms with Gasteiger partial charge in [-0.1, -0.05) is 0 Å². The Balaban J connectivity index is 1.93. The third kappa shape index (κ3) is 3.11. The SMILES string of the molecule is CN(Cc1cscn1)Cc1sccc1Br. The summed E-state index contributed by atoms with van der Waals surface area (Å²) in [5.41, 5.74) is 3.03. The predicted molar refractivity (Wildman–Crippen MR) is 69.3 cm³/mol. The second kappa shape index (κ2) is 5.21. The summed E-state index contributed by atoms with van der Waals surface area (Å²) in [6, 6.07) is 2.09. The first-order valence-electron chi connectivity index (χ1n) is 4.53. The van der Waals surface area contributed by atoms with Gasteiger partial charge in [-0.05, 0) is 34.4 Å². The van der Waals surface area contributed by atoms with Gasteiger partial charge in [-0.25, -0.2) is 4.98 Å². The number of halogens is 1. The molecule has 0 atom stereocenters. The summed E-state index contributed by atoms with van der Waals surface area (Å²) >= 11 is 6.98.